The lowest BCUT2D eigenvalue weighted by molar-refractivity contribution is 0.601. The van der Waals surface area contributed by atoms with Crippen LogP contribution in [0.1, 0.15) is 0 Å². The highest BCUT2D eigenvalue weighted by atomic mass is 32.3. The zero-order valence-corrected chi connectivity index (χ0v) is 12.3. The maximum atomic E-state index is 12.4. The Bertz CT molecular complexity index is 276. The van der Waals surface area contributed by atoms with Gasteiger partial charge in [0, 0.05) is 0 Å². The Morgan fingerprint density at radius 2 is 1.00 bits per heavy atom. The molecule has 1 nitrogen and oxygen atoms in total. The summed E-state index contributed by atoms with van der Waals surface area (Å²) in [6.45, 7) is 0. The average Bonchev–Trinajstić information content (AvgIpc) is 2.73. The number of hydrogen-bond donors (Lipinski definition) is 0. The predicted molar refractivity (Wildman–Crippen MR) is 82.6 cm³/mol. The summed E-state index contributed by atoms with van der Waals surface area (Å²) >= 11 is 5.68. The Kier molecular flexibility index (Phi) is 5.88. The van der Waals surface area contributed by atoms with Crippen molar-refractivity contribution in [1.29, 1.82) is 0 Å². The Hall–Kier alpha value is 0.670. The fourth-order valence-corrected chi connectivity index (χ4v) is 8.40. The molecule has 2 aliphatic heterocycles. The SMILES string of the molecule is [O-][S+](C1SC=CC=CS1)C1SC=CC=CS1. The van der Waals surface area contributed by atoms with E-state index in [1.165, 1.54) is 0 Å². The largest absolute Gasteiger partial charge is 0.613 e. The molecule has 0 atom stereocenters. The zero-order chi connectivity index (χ0) is 11.2. The highest BCUT2D eigenvalue weighted by Crippen LogP contribution is 2.42. The molecule has 0 aromatic carbocycles. The van der Waals surface area contributed by atoms with Gasteiger partial charge in [-0.1, -0.05) is 71.4 Å². The lowest BCUT2D eigenvalue weighted by Crippen LogP contribution is -2.22. The highest BCUT2D eigenvalue weighted by Gasteiger charge is 2.31. The van der Waals surface area contributed by atoms with Crippen molar-refractivity contribution in [3.8, 4) is 0 Å². The molecule has 0 saturated heterocycles. The molecule has 0 spiro atoms. The van der Waals surface area contributed by atoms with Gasteiger partial charge in [-0.05, 0) is 32.8 Å². The summed E-state index contributed by atoms with van der Waals surface area (Å²) in [6.07, 6.45) is 7.95. The van der Waals surface area contributed by atoms with Crippen molar-refractivity contribution in [2.75, 3.05) is 0 Å². The van der Waals surface area contributed by atoms with Crippen molar-refractivity contribution < 1.29 is 4.55 Å². The minimum atomic E-state index is -0.868. The molecule has 0 saturated carbocycles. The number of rotatable bonds is 2. The van der Waals surface area contributed by atoms with Crippen LogP contribution in [0.2, 0.25) is 0 Å². The van der Waals surface area contributed by atoms with E-state index in [2.05, 4.69) is 0 Å². The van der Waals surface area contributed by atoms with E-state index >= 15 is 0 Å². The fourth-order valence-electron chi connectivity index (χ4n) is 0.993. The summed E-state index contributed by atoms with van der Waals surface area (Å²) < 4.78 is 12.5. The monoisotopic (exact) mass is 306 g/mol. The van der Waals surface area contributed by atoms with Crippen LogP contribution >= 0.6 is 47.0 Å². The molecule has 2 rings (SSSR count). The van der Waals surface area contributed by atoms with E-state index in [1.54, 1.807) is 47.0 Å². The van der Waals surface area contributed by atoms with Gasteiger partial charge in [0.1, 0.15) is 0 Å². The smallest absolute Gasteiger partial charge is 0.216 e. The molecule has 6 heteroatoms. The first kappa shape index (κ1) is 13.1. The molecule has 16 heavy (non-hydrogen) atoms. The molecule has 0 aromatic heterocycles. The lowest BCUT2D eigenvalue weighted by Gasteiger charge is -2.23. The molecule has 0 fully saturated rings. The van der Waals surface area contributed by atoms with E-state index in [1.807, 2.05) is 45.9 Å². The standard InChI is InChI=1S/C10H10OS5/c11-16(9-12-5-1-2-6-13-9)10-14-7-3-4-8-15-10/h1-10H. The van der Waals surface area contributed by atoms with Crippen LogP contribution in [-0.2, 0) is 11.2 Å². The molecular formula is C10H10OS5. The number of allylic oxidation sites excluding steroid dienone is 4. The van der Waals surface area contributed by atoms with Crippen molar-refractivity contribution in [2.45, 2.75) is 7.83 Å². The van der Waals surface area contributed by atoms with Crippen LogP contribution in [0, 0.1) is 0 Å². The molecule has 0 aliphatic carbocycles. The normalized spacial score (nSPS) is 22.6. The van der Waals surface area contributed by atoms with Crippen LogP contribution in [0.15, 0.2) is 45.9 Å². The van der Waals surface area contributed by atoms with Gasteiger partial charge in [0.05, 0.1) is 0 Å². The third-order valence-electron chi connectivity index (χ3n) is 1.67. The van der Waals surface area contributed by atoms with E-state index in [0.29, 0.717) is 0 Å². The van der Waals surface area contributed by atoms with Crippen LogP contribution in [0.4, 0.5) is 0 Å². The van der Waals surface area contributed by atoms with E-state index in [4.69, 9.17) is 0 Å². The average molecular weight is 307 g/mol. The van der Waals surface area contributed by atoms with Crippen molar-refractivity contribution in [1.82, 2.24) is 0 Å². The summed E-state index contributed by atoms with van der Waals surface area (Å²) in [4.78, 5) is 0. The summed E-state index contributed by atoms with van der Waals surface area (Å²) in [7, 11) is 0. The van der Waals surface area contributed by atoms with Gasteiger partial charge in [0.25, 0.3) is 0 Å². The van der Waals surface area contributed by atoms with Crippen molar-refractivity contribution in [3.05, 3.63) is 45.9 Å². The molecule has 0 N–H and O–H groups in total. The summed E-state index contributed by atoms with van der Waals surface area (Å²) in [5.41, 5.74) is 0. The van der Waals surface area contributed by atoms with Gasteiger partial charge in [-0.2, -0.15) is 0 Å². The number of hydrogen-bond acceptors (Lipinski definition) is 5. The maximum Gasteiger partial charge on any atom is 0.216 e. The minimum Gasteiger partial charge on any atom is -0.613 e. The third kappa shape index (κ3) is 3.85. The Morgan fingerprint density at radius 3 is 1.31 bits per heavy atom. The molecule has 0 radical (unpaired) electrons. The minimum absolute atomic E-state index is 0.0971. The van der Waals surface area contributed by atoms with E-state index < -0.39 is 11.2 Å². The second kappa shape index (κ2) is 7.18. The summed E-state index contributed by atoms with van der Waals surface area (Å²) in [6, 6.07) is 0. The summed E-state index contributed by atoms with van der Waals surface area (Å²) in [5, 5.41) is 8.04. The first-order valence-corrected chi connectivity index (χ1v) is 9.57. The van der Waals surface area contributed by atoms with Crippen molar-refractivity contribution >= 4 is 58.2 Å². The topological polar surface area (TPSA) is 23.1 Å². The first-order chi connectivity index (χ1) is 7.88. The number of thioether (sulfide) groups is 4. The third-order valence-corrected chi connectivity index (χ3v) is 9.52. The van der Waals surface area contributed by atoms with Gasteiger partial charge in [-0.3, -0.25) is 0 Å². The first-order valence-electron chi connectivity index (χ1n) is 4.52. The second-order valence-electron chi connectivity index (χ2n) is 2.76. The van der Waals surface area contributed by atoms with Crippen molar-refractivity contribution in [3.63, 3.8) is 0 Å². The highest BCUT2D eigenvalue weighted by molar-refractivity contribution is 8.39. The van der Waals surface area contributed by atoms with E-state index in [0.717, 1.165) is 0 Å². The molecule has 0 amide bonds. The van der Waals surface area contributed by atoms with E-state index in [-0.39, 0.29) is 7.83 Å². The lowest BCUT2D eigenvalue weighted by atomic mass is 10.6. The second-order valence-corrected chi connectivity index (χ2v) is 10.2. The molecule has 86 valence electrons. The summed E-state index contributed by atoms with van der Waals surface area (Å²) in [5.74, 6) is 0. The zero-order valence-electron chi connectivity index (χ0n) is 8.22. The molecule has 2 aliphatic rings. The Labute approximate surface area is 116 Å². The van der Waals surface area contributed by atoms with Crippen molar-refractivity contribution in [2.24, 2.45) is 0 Å². The molecule has 2 heterocycles. The van der Waals surface area contributed by atoms with Gasteiger partial charge in [-0.25, -0.2) is 0 Å². The van der Waals surface area contributed by atoms with Gasteiger partial charge in [0.15, 0.2) is 0 Å². The van der Waals surface area contributed by atoms with Gasteiger partial charge in [0.2, 0.25) is 7.83 Å². The predicted octanol–water partition coefficient (Wildman–Crippen LogP) is 4.32. The van der Waals surface area contributed by atoms with Crippen LogP contribution in [-0.4, -0.2) is 12.4 Å². The quantitative estimate of drug-likeness (QED) is 0.707. The van der Waals surface area contributed by atoms with Gasteiger partial charge in [-0.15, -0.1) is 0 Å². The van der Waals surface area contributed by atoms with Crippen LogP contribution in [0.3, 0.4) is 0 Å². The fraction of sp³-hybridized carbons (Fsp3) is 0.200. The van der Waals surface area contributed by atoms with E-state index in [9.17, 15) is 4.55 Å². The Morgan fingerprint density at radius 1 is 0.688 bits per heavy atom. The van der Waals surface area contributed by atoms with Crippen LogP contribution in [0.5, 0.6) is 0 Å². The van der Waals surface area contributed by atoms with Crippen LogP contribution in [0.25, 0.3) is 0 Å². The molecule has 0 unspecified atom stereocenters. The van der Waals surface area contributed by atoms with Gasteiger partial charge < -0.3 is 4.55 Å². The maximum absolute atomic E-state index is 12.4. The van der Waals surface area contributed by atoms with Gasteiger partial charge >= 0.3 is 0 Å². The van der Waals surface area contributed by atoms with Crippen LogP contribution < -0.4 is 0 Å². The molecule has 0 bridgehead atoms. The molecule has 0 aromatic rings. The molecular weight excluding hydrogens is 296 g/mol. The Balaban J connectivity index is 1.97.